The number of methoxy groups -OCH3 is 1. The van der Waals surface area contributed by atoms with Gasteiger partial charge in [-0.3, -0.25) is 0 Å². The van der Waals surface area contributed by atoms with Gasteiger partial charge >= 0.3 is 6.18 Å². The van der Waals surface area contributed by atoms with Gasteiger partial charge in [0.2, 0.25) is 0 Å². The number of hydrogen-bond acceptors (Lipinski definition) is 2. The summed E-state index contributed by atoms with van der Waals surface area (Å²) in [6.45, 7) is 0. The van der Waals surface area contributed by atoms with Crippen molar-refractivity contribution in [2.24, 2.45) is 0 Å². The van der Waals surface area contributed by atoms with E-state index in [2.05, 4.69) is 0 Å². The molecule has 5 heteroatoms. The molecule has 0 N–H and O–H groups in total. The summed E-state index contributed by atoms with van der Waals surface area (Å²) in [5.41, 5.74) is -0.743. The monoisotopic (exact) mass is 268 g/mol. The highest BCUT2D eigenvalue weighted by molar-refractivity contribution is 5.38. The number of ether oxygens (including phenoxy) is 2. The van der Waals surface area contributed by atoms with E-state index in [1.54, 1.807) is 24.3 Å². The Labute approximate surface area is 108 Å². The summed E-state index contributed by atoms with van der Waals surface area (Å²) in [5, 5.41) is 0. The summed E-state index contributed by atoms with van der Waals surface area (Å²) in [6.07, 6.45) is -4.38. The van der Waals surface area contributed by atoms with Gasteiger partial charge in [0, 0.05) is 6.07 Å². The van der Waals surface area contributed by atoms with Gasteiger partial charge in [0.1, 0.15) is 17.2 Å². The topological polar surface area (TPSA) is 18.5 Å². The van der Waals surface area contributed by atoms with Crippen LogP contribution in [-0.4, -0.2) is 7.11 Å². The third kappa shape index (κ3) is 3.40. The predicted molar refractivity (Wildman–Crippen MR) is 64.5 cm³/mol. The average Bonchev–Trinajstić information content (AvgIpc) is 2.38. The Hall–Kier alpha value is -2.17. The summed E-state index contributed by atoms with van der Waals surface area (Å²) in [6, 6.07) is 11.4. The largest absolute Gasteiger partial charge is 0.497 e. The summed E-state index contributed by atoms with van der Waals surface area (Å²) >= 11 is 0. The van der Waals surface area contributed by atoms with Crippen molar-refractivity contribution >= 4 is 0 Å². The molecule has 2 aromatic rings. The van der Waals surface area contributed by atoms with Gasteiger partial charge in [0.25, 0.3) is 0 Å². The average molecular weight is 268 g/mol. The van der Waals surface area contributed by atoms with Gasteiger partial charge in [-0.25, -0.2) is 0 Å². The number of rotatable bonds is 3. The van der Waals surface area contributed by atoms with E-state index >= 15 is 0 Å². The molecule has 100 valence electrons. The highest BCUT2D eigenvalue weighted by Gasteiger charge is 2.30. The molecule has 2 rings (SSSR count). The van der Waals surface area contributed by atoms with E-state index in [0.29, 0.717) is 11.5 Å². The summed E-state index contributed by atoms with van der Waals surface area (Å²) in [4.78, 5) is 0. The third-order valence-electron chi connectivity index (χ3n) is 2.44. The van der Waals surface area contributed by atoms with Crippen LogP contribution in [0, 0.1) is 0 Å². The van der Waals surface area contributed by atoms with Crippen LogP contribution in [-0.2, 0) is 6.18 Å². The fourth-order valence-corrected chi connectivity index (χ4v) is 1.54. The van der Waals surface area contributed by atoms with E-state index < -0.39 is 11.7 Å². The zero-order valence-corrected chi connectivity index (χ0v) is 10.1. The molecule has 0 aliphatic heterocycles. The lowest BCUT2D eigenvalue weighted by Crippen LogP contribution is -2.04. The molecule has 0 aromatic heterocycles. The van der Waals surface area contributed by atoms with Crippen LogP contribution in [0.3, 0.4) is 0 Å². The molecule has 19 heavy (non-hydrogen) atoms. The molecule has 0 saturated carbocycles. The van der Waals surface area contributed by atoms with Crippen LogP contribution in [0.2, 0.25) is 0 Å². The van der Waals surface area contributed by atoms with Crippen LogP contribution >= 0.6 is 0 Å². The quantitative estimate of drug-likeness (QED) is 0.815. The Bertz CT molecular complexity index is 565. The first-order chi connectivity index (χ1) is 8.99. The molecule has 0 aliphatic carbocycles. The maximum absolute atomic E-state index is 12.5. The molecular formula is C14H11F3O2. The molecule has 0 unspecified atom stereocenters. The Morgan fingerprint density at radius 1 is 0.842 bits per heavy atom. The number of halogens is 3. The van der Waals surface area contributed by atoms with E-state index in [0.717, 1.165) is 12.1 Å². The van der Waals surface area contributed by atoms with Crippen molar-refractivity contribution in [1.29, 1.82) is 0 Å². The molecule has 0 saturated heterocycles. The summed E-state index contributed by atoms with van der Waals surface area (Å²) in [5.74, 6) is 1.12. The first-order valence-corrected chi connectivity index (χ1v) is 5.48. The number of benzene rings is 2. The minimum atomic E-state index is -4.38. The van der Waals surface area contributed by atoms with Crippen LogP contribution in [0.4, 0.5) is 13.2 Å². The van der Waals surface area contributed by atoms with Crippen molar-refractivity contribution in [2.75, 3.05) is 7.11 Å². The maximum Gasteiger partial charge on any atom is 0.416 e. The summed E-state index contributed by atoms with van der Waals surface area (Å²) < 4.78 is 48.0. The fourth-order valence-electron chi connectivity index (χ4n) is 1.54. The van der Waals surface area contributed by atoms with Crippen LogP contribution in [0.15, 0.2) is 48.5 Å². The highest BCUT2D eigenvalue weighted by atomic mass is 19.4. The number of alkyl halides is 3. The molecule has 2 nitrogen and oxygen atoms in total. The van der Waals surface area contributed by atoms with E-state index in [1.807, 2.05) is 0 Å². The molecule has 0 bridgehead atoms. The minimum absolute atomic E-state index is 0.128. The molecule has 0 amide bonds. The molecule has 0 spiro atoms. The Morgan fingerprint density at radius 2 is 1.42 bits per heavy atom. The van der Waals surface area contributed by atoms with E-state index in [-0.39, 0.29) is 5.75 Å². The molecule has 0 radical (unpaired) electrons. The second-order valence-electron chi connectivity index (χ2n) is 3.81. The van der Waals surface area contributed by atoms with E-state index in [9.17, 15) is 13.2 Å². The fraction of sp³-hybridized carbons (Fsp3) is 0.143. The van der Waals surface area contributed by atoms with Crippen LogP contribution in [0.1, 0.15) is 5.56 Å². The van der Waals surface area contributed by atoms with Gasteiger partial charge in [0.15, 0.2) is 0 Å². The summed E-state index contributed by atoms with van der Waals surface area (Å²) in [7, 11) is 1.50. The van der Waals surface area contributed by atoms with Crippen LogP contribution < -0.4 is 9.47 Å². The normalized spacial score (nSPS) is 11.2. The van der Waals surface area contributed by atoms with Crippen molar-refractivity contribution in [2.45, 2.75) is 6.18 Å². The second kappa shape index (κ2) is 5.22. The molecule has 0 atom stereocenters. The minimum Gasteiger partial charge on any atom is -0.497 e. The van der Waals surface area contributed by atoms with Gasteiger partial charge in [-0.2, -0.15) is 13.2 Å². The SMILES string of the molecule is COc1cccc(Oc2cccc(C(F)(F)F)c2)c1. The van der Waals surface area contributed by atoms with Crippen molar-refractivity contribution in [3.05, 3.63) is 54.1 Å². The Balaban J connectivity index is 2.23. The van der Waals surface area contributed by atoms with Crippen molar-refractivity contribution in [3.8, 4) is 17.2 Å². The third-order valence-corrected chi connectivity index (χ3v) is 2.44. The Morgan fingerprint density at radius 3 is 2.05 bits per heavy atom. The van der Waals surface area contributed by atoms with Crippen molar-refractivity contribution in [1.82, 2.24) is 0 Å². The van der Waals surface area contributed by atoms with Crippen LogP contribution in [0.25, 0.3) is 0 Å². The van der Waals surface area contributed by atoms with Gasteiger partial charge in [0.05, 0.1) is 12.7 Å². The molecule has 0 heterocycles. The van der Waals surface area contributed by atoms with Crippen molar-refractivity contribution < 1.29 is 22.6 Å². The zero-order chi connectivity index (χ0) is 13.9. The van der Waals surface area contributed by atoms with Crippen molar-refractivity contribution in [3.63, 3.8) is 0 Å². The smallest absolute Gasteiger partial charge is 0.416 e. The lowest BCUT2D eigenvalue weighted by molar-refractivity contribution is -0.137. The first-order valence-electron chi connectivity index (χ1n) is 5.48. The number of hydrogen-bond donors (Lipinski definition) is 0. The highest BCUT2D eigenvalue weighted by Crippen LogP contribution is 2.33. The van der Waals surface area contributed by atoms with Gasteiger partial charge in [-0.05, 0) is 30.3 Å². The molecule has 0 fully saturated rings. The zero-order valence-electron chi connectivity index (χ0n) is 10.1. The van der Waals surface area contributed by atoms with Gasteiger partial charge in [-0.1, -0.05) is 12.1 Å². The molecular weight excluding hydrogens is 257 g/mol. The lowest BCUT2D eigenvalue weighted by Gasteiger charge is -2.10. The standard InChI is InChI=1S/C14H11F3O2/c1-18-11-5-3-7-13(9-11)19-12-6-2-4-10(8-12)14(15,16)17/h2-9H,1H3. The maximum atomic E-state index is 12.5. The van der Waals surface area contributed by atoms with E-state index in [4.69, 9.17) is 9.47 Å². The molecule has 0 aliphatic rings. The van der Waals surface area contributed by atoms with Crippen LogP contribution in [0.5, 0.6) is 17.2 Å². The first kappa shape index (κ1) is 13.3. The Kier molecular flexibility index (Phi) is 3.64. The second-order valence-corrected chi connectivity index (χ2v) is 3.81. The molecule has 2 aromatic carbocycles. The van der Waals surface area contributed by atoms with Gasteiger partial charge < -0.3 is 9.47 Å². The van der Waals surface area contributed by atoms with E-state index in [1.165, 1.54) is 19.2 Å². The lowest BCUT2D eigenvalue weighted by atomic mass is 10.2. The van der Waals surface area contributed by atoms with Gasteiger partial charge in [-0.15, -0.1) is 0 Å². The predicted octanol–water partition coefficient (Wildman–Crippen LogP) is 4.51.